The van der Waals surface area contributed by atoms with Gasteiger partial charge in [0, 0.05) is 11.6 Å². The quantitative estimate of drug-likeness (QED) is 0.637. The highest BCUT2D eigenvalue weighted by Gasteiger charge is 2.20. The third kappa shape index (κ3) is 3.74. The molecule has 0 amide bonds. The Morgan fingerprint density at radius 2 is 2.10 bits per heavy atom. The summed E-state index contributed by atoms with van der Waals surface area (Å²) in [6, 6.07) is 5.72. The minimum absolute atomic E-state index is 0.126. The normalized spacial score (nSPS) is 11.2. The third-order valence-corrected chi connectivity index (χ3v) is 4.97. The molecule has 1 aromatic heterocycles. The number of aromatic nitrogens is 1. The Morgan fingerprint density at radius 1 is 1.40 bits per heavy atom. The van der Waals surface area contributed by atoms with Gasteiger partial charge in [0.1, 0.15) is 5.75 Å². The van der Waals surface area contributed by atoms with Gasteiger partial charge in [0.25, 0.3) is 5.69 Å². The molecule has 20 heavy (non-hydrogen) atoms. The Labute approximate surface area is 127 Å². The summed E-state index contributed by atoms with van der Waals surface area (Å²) >= 11 is 4.29. The first kappa shape index (κ1) is 14.9. The molecule has 7 nitrogen and oxygen atoms in total. The van der Waals surface area contributed by atoms with Crippen LogP contribution in [0.3, 0.4) is 0 Å². The lowest BCUT2D eigenvalue weighted by Gasteiger charge is -2.05. The molecular formula is C10H8BrN3O4S2. The van der Waals surface area contributed by atoms with E-state index in [-0.39, 0.29) is 16.4 Å². The molecule has 0 fully saturated rings. The fraction of sp³-hybridized carbons (Fsp3) is 0.100. The van der Waals surface area contributed by atoms with E-state index in [0.29, 0.717) is 3.79 Å². The molecule has 0 spiro atoms. The van der Waals surface area contributed by atoms with E-state index in [1.807, 2.05) is 0 Å². The molecule has 1 heterocycles. The summed E-state index contributed by atoms with van der Waals surface area (Å²) < 4.78 is 26.9. The molecule has 0 aliphatic rings. The minimum atomic E-state index is -3.76. The number of para-hydroxylation sites is 1. The maximum absolute atomic E-state index is 12.0. The lowest BCUT2D eigenvalue weighted by atomic mass is 10.2. The van der Waals surface area contributed by atoms with E-state index in [1.54, 1.807) is 6.07 Å². The van der Waals surface area contributed by atoms with Crippen molar-refractivity contribution in [3.8, 4) is 0 Å². The van der Waals surface area contributed by atoms with Gasteiger partial charge in [-0.25, -0.2) is 13.4 Å². The zero-order chi connectivity index (χ0) is 14.8. The molecular weight excluding hydrogens is 370 g/mol. The van der Waals surface area contributed by atoms with Crippen molar-refractivity contribution in [3.05, 3.63) is 49.9 Å². The van der Waals surface area contributed by atoms with Crippen LogP contribution in [-0.4, -0.2) is 18.3 Å². The number of sulfonamides is 1. The van der Waals surface area contributed by atoms with Crippen LogP contribution in [0.1, 0.15) is 5.56 Å². The molecule has 2 rings (SSSR count). The van der Waals surface area contributed by atoms with Gasteiger partial charge in [-0.3, -0.25) is 14.8 Å². The number of hydrogen-bond donors (Lipinski definition) is 1. The molecule has 1 aromatic carbocycles. The van der Waals surface area contributed by atoms with Crippen LogP contribution < -0.4 is 4.72 Å². The fourth-order valence-corrected chi connectivity index (χ4v) is 4.04. The van der Waals surface area contributed by atoms with Crippen molar-refractivity contribution < 1.29 is 13.3 Å². The number of rotatable bonds is 5. The van der Waals surface area contributed by atoms with Gasteiger partial charge in [-0.05, 0) is 15.9 Å². The zero-order valence-corrected chi connectivity index (χ0v) is 13.0. The lowest BCUT2D eigenvalue weighted by Crippen LogP contribution is -2.15. The molecule has 0 saturated heterocycles. The Kier molecular flexibility index (Phi) is 4.35. The van der Waals surface area contributed by atoms with E-state index in [9.17, 15) is 18.5 Å². The number of hydrogen-bond acceptors (Lipinski definition) is 6. The van der Waals surface area contributed by atoms with E-state index >= 15 is 0 Å². The van der Waals surface area contributed by atoms with Crippen LogP contribution in [0.4, 0.5) is 10.8 Å². The number of benzene rings is 1. The molecule has 0 saturated carbocycles. The number of anilines is 1. The van der Waals surface area contributed by atoms with Gasteiger partial charge in [-0.15, -0.1) is 0 Å². The Bertz CT molecular complexity index is 744. The Hall–Kier alpha value is -1.52. The average molecular weight is 378 g/mol. The average Bonchev–Trinajstić information content (AvgIpc) is 2.73. The largest absolute Gasteiger partial charge is 0.273 e. The van der Waals surface area contributed by atoms with Crippen molar-refractivity contribution in [3.63, 3.8) is 0 Å². The highest BCUT2D eigenvalue weighted by atomic mass is 79.9. The highest BCUT2D eigenvalue weighted by Crippen LogP contribution is 2.26. The van der Waals surface area contributed by atoms with Crippen LogP contribution >= 0.6 is 27.3 Å². The molecule has 0 radical (unpaired) electrons. The molecule has 0 aliphatic heterocycles. The van der Waals surface area contributed by atoms with E-state index in [4.69, 9.17) is 0 Å². The van der Waals surface area contributed by atoms with E-state index in [1.165, 1.54) is 24.4 Å². The number of thiazole rings is 1. The highest BCUT2D eigenvalue weighted by molar-refractivity contribution is 9.11. The summed E-state index contributed by atoms with van der Waals surface area (Å²) in [5.74, 6) is -0.485. The van der Waals surface area contributed by atoms with Crippen molar-refractivity contribution in [1.29, 1.82) is 0 Å². The number of nitrogens with one attached hydrogen (secondary N) is 1. The first-order valence-electron chi connectivity index (χ1n) is 5.21. The fourth-order valence-electron chi connectivity index (χ4n) is 1.49. The predicted octanol–water partition coefficient (Wildman–Crippen LogP) is 2.76. The van der Waals surface area contributed by atoms with Gasteiger partial charge >= 0.3 is 0 Å². The summed E-state index contributed by atoms with van der Waals surface area (Å²) in [6.45, 7) is 0. The maximum atomic E-state index is 12.0. The first-order chi connectivity index (χ1) is 9.37. The topological polar surface area (TPSA) is 102 Å². The van der Waals surface area contributed by atoms with Gasteiger partial charge in [-0.2, -0.15) is 0 Å². The number of nitro groups is 1. The summed E-state index contributed by atoms with van der Waals surface area (Å²) in [4.78, 5) is 14.1. The molecule has 0 atom stereocenters. The molecule has 0 bridgehead atoms. The Balaban J connectivity index is 2.22. The van der Waals surface area contributed by atoms with Crippen LogP contribution in [0.25, 0.3) is 0 Å². The minimum Gasteiger partial charge on any atom is -0.258 e. The molecule has 10 heteroatoms. The smallest absolute Gasteiger partial charge is 0.258 e. The monoisotopic (exact) mass is 377 g/mol. The second-order valence-corrected chi connectivity index (χ2v) is 7.85. The number of halogens is 1. The summed E-state index contributed by atoms with van der Waals surface area (Å²) in [7, 11) is -3.76. The van der Waals surface area contributed by atoms with Crippen molar-refractivity contribution >= 4 is 48.1 Å². The molecule has 0 aliphatic carbocycles. The second-order valence-electron chi connectivity index (χ2n) is 3.72. The van der Waals surface area contributed by atoms with Crippen molar-refractivity contribution in [2.45, 2.75) is 5.75 Å². The molecule has 0 unspecified atom stereocenters. The van der Waals surface area contributed by atoms with Gasteiger partial charge in [-0.1, -0.05) is 29.5 Å². The van der Waals surface area contributed by atoms with Crippen LogP contribution in [0.2, 0.25) is 0 Å². The van der Waals surface area contributed by atoms with Gasteiger partial charge in [0.15, 0.2) is 5.13 Å². The second kappa shape index (κ2) is 5.85. The van der Waals surface area contributed by atoms with Crippen LogP contribution in [0.15, 0.2) is 34.2 Å². The van der Waals surface area contributed by atoms with Crippen LogP contribution in [0.5, 0.6) is 0 Å². The maximum Gasteiger partial charge on any atom is 0.273 e. The lowest BCUT2D eigenvalue weighted by molar-refractivity contribution is -0.385. The predicted molar refractivity (Wildman–Crippen MR) is 79.2 cm³/mol. The van der Waals surface area contributed by atoms with Crippen LogP contribution in [-0.2, 0) is 15.8 Å². The van der Waals surface area contributed by atoms with Gasteiger partial charge in [0.2, 0.25) is 10.0 Å². The number of nitrogens with zero attached hydrogens (tertiary/aromatic N) is 2. The summed E-state index contributed by atoms with van der Waals surface area (Å²) in [5.41, 5.74) is -0.0983. The number of nitro benzene ring substituents is 1. The summed E-state index contributed by atoms with van der Waals surface area (Å²) in [6.07, 6.45) is 1.47. The van der Waals surface area contributed by atoms with E-state index in [2.05, 4.69) is 25.6 Å². The van der Waals surface area contributed by atoms with Gasteiger partial charge < -0.3 is 0 Å². The Morgan fingerprint density at radius 3 is 2.70 bits per heavy atom. The molecule has 1 N–H and O–H groups in total. The van der Waals surface area contributed by atoms with Crippen molar-refractivity contribution in [2.24, 2.45) is 0 Å². The van der Waals surface area contributed by atoms with Crippen molar-refractivity contribution in [1.82, 2.24) is 4.98 Å². The van der Waals surface area contributed by atoms with Crippen molar-refractivity contribution in [2.75, 3.05) is 4.72 Å². The van der Waals surface area contributed by atoms with E-state index < -0.39 is 20.7 Å². The zero-order valence-electron chi connectivity index (χ0n) is 9.82. The summed E-state index contributed by atoms with van der Waals surface area (Å²) in [5, 5.41) is 11.0. The standard InChI is InChI=1S/C10H8BrN3O4S2/c11-9-5-12-10(19-9)13-20(17,18)6-7-3-1-2-4-8(7)14(15)16/h1-5H,6H2,(H,12,13). The van der Waals surface area contributed by atoms with Gasteiger partial charge in [0.05, 0.1) is 14.9 Å². The SMILES string of the molecule is O=[N+]([O-])c1ccccc1CS(=O)(=O)Nc1ncc(Br)s1. The molecule has 2 aromatic rings. The third-order valence-electron chi connectivity index (χ3n) is 2.25. The first-order valence-corrected chi connectivity index (χ1v) is 8.48. The van der Waals surface area contributed by atoms with Crippen LogP contribution in [0, 0.1) is 10.1 Å². The van der Waals surface area contributed by atoms with E-state index in [0.717, 1.165) is 11.3 Å². The molecule has 106 valence electrons.